The number of piperidine rings is 1. The molecule has 0 aliphatic carbocycles. The van der Waals surface area contributed by atoms with E-state index in [1.54, 1.807) is 7.11 Å². The highest BCUT2D eigenvalue weighted by molar-refractivity contribution is 5.83. The van der Waals surface area contributed by atoms with Gasteiger partial charge in [0, 0.05) is 20.2 Å². The van der Waals surface area contributed by atoms with Crippen LogP contribution in [0.1, 0.15) is 24.9 Å². The maximum absolute atomic E-state index is 12.4. The average molecular weight is 262 g/mol. The van der Waals surface area contributed by atoms with Crippen molar-refractivity contribution in [3.05, 3.63) is 35.9 Å². The summed E-state index contributed by atoms with van der Waals surface area (Å²) in [5.41, 5.74) is 6.92. The maximum atomic E-state index is 12.4. The highest BCUT2D eigenvalue weighted by Gasteiger charge is 2.31. The summed E-state index contributed by atoms with van der Waals surface area (Å²) in [7, 11) is 1.70. The molecule has 1 fully saturated rings. The van der Waals surface area contributed by atoms with Gasteiger partial charge in [-0.2, -0.15) is 0 Å². The summed E-state index contributed by atoms with van der Waals surface area (Å²) in [6.45, 7) is 3.56. The van der Waals surface area contributed by atoms with Crippen LogP contribution in [0.25, 0.3) is 0 Å². The van der Waals surface area contributed by atoms with Crippen LogP contribution in [0.2, 0.25) is 0 Å². The molecular weight excluding hydrogens is 240 g/mol. The van der Waals surface area contributed by atoms with E-state index < -0.39 is 6.04 Å². The molecule has 1 aromatic carbocycles. The molecule has 2 rings (SSSR count). The molecule has 1 aromatic rings. The molecule has 2 unspecified atom stereocenters. The Morgan fingerprint density at radius 1 is 1.42 bits per heavy atom. The van der Waals surface area contributed by atoms with Crippen molar-refractivity contribution in [3.8, 4) is 0 Å². The van der Waals surface area contributed by atoms with Crippen LogP contribution in [0.15, 0.2) is 30.3 Å². The predicted octanol–water partition coefficient (Wildman–Crippen LogP) is 1.57. The maximum Gasteiger partial charge on any atom is 0.244 e. The summed E-state index contributed by atoms with van der Waals surface area (Å²) in [5, 5.41) is 0. The number of rotatable bonds is 3. The Balaban J connectivity index is 2.04. The first-order chi connectivity index (χ1) is 9.13. The highest BCUT2D eigenvalue weighted by atomic mass is 16.5. The molecule has 0 spiro atoms. The summed E-state index contributed by atoms with van der Waals surface area (Å²) >= 11 is 0. The van der Waals surface area contributed by atoms with Gasteiger partial charge in [0.2, 0.25) is 5.91 Å². The molecule has 3 atom stereocenters. The average Bonchev–Trinajstić information content (AvgIpc) is 2.47. The van der Waals surface area contributed by atoms with Gasteiger partial charge in [-0.3, -0.25) is 4.79 Å². The SMILES string of the molecule is COC1CN(C(=O)[C@@H](N)c2ccccc2)CCC1C. The fourth-order valence-electron chi connectivity index (χ4n) is 2.54. The fourth-order valence-corrected chi connectivity index (χ4v) is 2.54. The van der Waals surface area contributed by atoms with Crippen molar-refractivity contribution in [2.24, 2.45) is 11.7 Å². The summed E-state index contributed by atoms with van der Waals surface area (Å²) in [6, 6.07) is 8.93. The molecule has 19 heavy (non-hydrogen) atoms. The van der Waals surface area contributed by atoms with E-state index in [1.807, 2.05) is 35.2 Å². The standard InChI is InChI=1S/C15H22N2O2/c1-11-8-9-17(10-13(11)19-2)15(18)14(16)12-6-4-3-5-7-12/h3-7,11,13-14H,8-10,16H2,1-2H3/t11?,13?,14-/m0/s1. The van der Waals surface area contributed by atoms with Crippen LogP contribution in [0, 0.1) is 5.92 Å². The van der Waals surface area contributed by atoms with E-state index in [9.17, 15) is 4.79 Å². The number of nitrogens with zero attached hydrogens (tertiary/aromatic N) is 1. The van der Waals surface area contributed by atoms with Crippen molar-refractivity contribution >= 4 is 5.91 Å². The molecule has 2 N–H and O–H groups in total. The normalized spacial score (nSPS) is 25.1. The third-order valence-electron chi connectivity index (χ3n) is 3.93. The van der Waals surface area contributed by atoms with Crippen LogP contribution in [-0.2, 0) is 9.53 Å². The lowest BCUT2D eigenvalue weighted by Crippen LogP contribution is -2.49. The second-order valence-corrected chi connectivity index (χ2v) is 5.21. The summed E-state index contributed by atoms with van der Waals surface area (Å²) in [4.78, 5) is 14.2. The quantitative estimate of drug-likeness (QED) is 0.899. The zero-order chi connectivity index (χ0) is 13.8. The Morgan fingerprint density at radius 2 is 2.11 bits per heavy atom. The number of nitrogens with two attached hydrogens (primary N) is 1. The molecule has 0 radical (unpaired) electrons. The van der Waals surface area contributed by atoms with E-state index in [2.05, 4.69) is 6.92 Å². The van der Waals surface area contributed by atoms with E-state index in [0.29, 0.717) is 12.5 Å². The molecule has 0 aromatic heterocycles. The molecule has 0 bridgehead atoms. The van der Waals surface area contributed by atoms with Crippen molar-refractivity contribution in [2.75, 3.05) is 20.2 Å². The van der Waals surface area contributed by atoms with E-state index >= 15 is 0 Å². The minimum Gasteiger partial charge on any atom is -0.379 e. The lowest BCUT2D eigenvalue weighted by molar-refractivity contribution is -0.137. The van der Waals surface area contributed by atoms with Crippen molar-refractivity contribution in [3.63, 3.8) is 0 Å². The Labute approximate surface area is 114 Å². The van der Waals surface area contributed by atoms with Gasteiger partial charge in [-0.25, -0.2) is 0 Å². The fraction of sp³-hybridized carbons (Fsp3) is 0.533. The Bertz CT molecular complexity index is 421. The van der Waals surface area contributed by atoms with E-state index in [4.69, 9.17) is 10.5 Å². The van der Waals surface area contributed by atoms with Crippen LogP contribution in [0.4, 0.5) is 0 Å². The predicted molar refractivity (Wildman–Crippen MR) is 74.5 cm³/mol. The number of likely N-dealkylation sites (tertiary alicyclic amines) is 1. The van der Waals surface area contributed by atoms with Crippen molar-refractivity contribution in [1.82, 2.24) is 4.90 Å². The molecule has 4 heteroatoms. The molecular formula is C15H22N2O2. The number of hydrogen-bond donors (Lipinski definition) is 1. The molecule has 1 aliphatic heterocycles. The first-order valence-electron chi connectivity index (χ1n) is 6.75. The number of benzene rings is 1. The molecule has 0 saturated carbocycles. The smallest absolute Gasteiger partial charge is 0.244 e. The number of amides is 1. The van der Waals surface area contributed by atoms with Gasteiger partial charge in [-0.15, -0.1) is 0 Å². The van der Waals surface area contributed by atoms with Gasteiger partial charge >= 0.3 is 0 Å². The number of methoxy groups -OCH3 is 1. The highest BCUT2D eigenvalue weighted by Crippen LogP contribution is 2.22. The molecule has 4 nitrogen and oxygen atoms in total. The zero-order valence-corrected chi connectivity index (χ0v) is 11.6. The van der Waals surface area contributed by atoms with Gasteiger partial charge in [-0.05, 0) is 17.9 Å². The van der Waals surface area contributed by atoms with Crippen molar-refractivity contribution in [2.45, 2.75) is 25.5 Å². The van der Waals surface area contributed by atoms with Crippen LogP contribution >= 0.6 is 0 Å². The topological polar surface area (TPSA) is 55.6 Å². The zero-order valence-electron chi connectivity index (χ0n) is 11.6. The largest absolute Gasteiger partial charge is 0.379 e. The number of carbonyl (C=O) groups excluding carboxylic acids is 1. The van der Waals surface area contributed by atoms with Gasteiger partial charge in [-0.1, -0.05) is 37.3 Å². The molecule has 1 saturated heterocycles. The van der Waals surface area contributed by atoms with Gasteiger partial charge in [0.1, 0.15) is 6.04 Å². The van der Waals surface area contributed by atoms with Crippen molar-refractivity contribution < 1.29 is 9.53 Å². The Kier molecular flexibility index (Phi) is 4.56. The van der Waals surface area contributed by atoms with Crippen LogP contribution < -0.4 is 5.73 Å². The lowest BCUT2D eigenvalue weighted by atomic mass is 9.95. The van der Waals surface area contributed by atoms with Crippen LogP contribution in [0.5, 0.6) is 0 Å². The first kappa shape index (κ1) is 14.0. The van der Waals surface area contributed by atoms with Crippen molar-refractivity contribution in [1.29, 1.82) is 0 Å². The third-order valence-corrected chi connectivity index (χ3v) is 3.93. The minimum atomic E-state index is -0.577. The van der Waals surface area contributed by atoms with Gasteiger partial charge in [0.05, 0.1) is 6.10 Å². The summed E-state index contributed by atoms with van der Waals surface area (Å²) < 4.78 is 5.43. The molecule has 1 amide bonds. The molecule has 104 valence electrons. The number of carbonyl (C=O) groups is 1. The third kappa shape index (κ3) is 3.14. The summed E-state index contributed by atoms with van der Waals surface area (Å²) in [5.74, 6) is 0.474. The van der Waals surface area contributed by atoms with Crippen LogP contribution in [-0.4, -0.2) is 37.1 Å². The lowest BCUT2D eigenvalue weighted by Gasteiger charge is -2.37. The first-order valence-corrected chi connectivity index (χ1v) is 6.75. The molecule has 1 aliphatic rings. The van der Waals surface area contributed by atoms with Gasteiger partial charge in [0.15, 0.2) is 0 Å². The number of ether oxygens (including phenoxy) is 1. The second kappa shape index (κ2) is 6.17. The Morgan fingerprint density at radius 3 is 2.74 bits per heavy atom. The number of hydrogen-bond acceptors (Lipinski definition) is 3. The minimum absolute atomic E-state index is 0.0137. The second-order valence-electron chi connectivity index (χ2n) is 5.21. The Hall–Kier alpha value is -1.39. The van der Waals surface area contributed by atoms with Gasteiger partial charge in [0.25, 0.3) is 0 Å². The van der Waals surface area contributed by atoms with Crippen LogP contribution in [0.3, 0.4) is 0 Å². The summed E-state index contributed by atoms with van der Waals surface area (Å²) in [6.07, 6.45) is 1.08. The van der Waals surface area contributed by atoms with E-state index in [1.165, 1.54) is 0 Å². The molecule has 1 heterocycles. The van der Waals surface area contributed by atoms with E-state index in [-0.39, 0.29) is 12.0 Å². The monoisotopic (exact) mass is 262 g/mol. The van der Waals surface area contributed by atoms with E-state index in [0.717, 1.165) is 18.5 Å². The van der Waals surface area contributed by atoms with Gasteiger partial charge < -0.3 is 15.4 Å².